The molecule has 2 aromatic heterocycles. The number of nitrogens with one attached hydrogen (secondary N) is 1. The maximum absolute atomic E-state index is 12.2. The van der Waals surface area contributed by atoms with Gasteiger partial charge >= 0.3 is 0 Å². The molecule has 1 N–H and O–H groups in total. The minimum Gasteiger partial charge on any atom is -0.353 e. The van der Waals surface area contributed by atoms with Crippen LogP contribution in [0.15, 0.2) is 48.7 Å². The van der Waals surface area contributed by atoms with E-state index in [1.807, 2.05) is 36.5 Å². The van der Waals surface area contributed by atoms with E-state index in [0.717, 1.165) is 47.8 Å². The molecule has 0 saturated carbocycles. The van der Waals surface area contributed by atoms with Gasteiger partial charge < -0.3 is 10.2 Å². The maximum atomic E-state index is 12.2. The highest BCUT2D eigenvalue weighted by atomic mass is 32.1. The molecule has 1 aliphatic rings. The van der Waals surface area contributed by atoms with Gasteiger partial charge in [-0.15, -0.1) is 0 Å². The molecule has 4 rings (SSSR count). The lowest BCUT2D eigenvalue weighted by Gasteiger charge is -2.32. The summed E-state index contributed by atoms with van der Waals surface area (Å²) in [6.45, 7) is 1.84. The molecular formula is C20H22N4OS. The second-order valence-corrected chi connectivity index (χ2v) is 7.59. The van der Waals surface area contributed by atoms with Gasteiger partial charge in [0.25, 0.3) is 0 Å². The highest BCUT2D eigenvalue weighted by molar-refractivity contribution is 7.21. The lowest BCUT2D eigenvalue weighted by atomic mass is 10.0. The molecule has 0 spiro atoms. The quantitative estimate of drug-likeness (QED) is 0.752. The second kappa shape index (κ2) is 7.83. The highest BCUT2D eigenvalue weighted by Crippen LogP contribution is 2.29. The number of thiazole rings is 1. The molecule has 26 heavy (non-hydrogen) atoms. The van der Waals surface area contributed by atoms with E-state index in [4.69, 9.17) is 0 Å². The van der Waals surface area contributed by atoms with E-state index in [1.54, 1.807) is 11.3 Å². The zero-order valence-corrected chi connectivity index (χ0v) is 15.4. The fourth-order valence-electron chi connectivity index (χ4n) is 3.31. The molecule has 134 valence electrons. The number of nitrogens with zero attached hydrogens (tertiary/aromatic N) is 3. The third kappa shape index (κ3) is 4.02. The number of anilines is 1. The summed E-state index contributed by atoms with van der Waals surface area (Å²) in [6.07, 6.45) is 5.07. The van der Waals surface area contributed by atoms with Crippen molar-refractivity contribution in [3.05, 3.63) is 54.2 Å². The van der Waals surface area contributed by atoms with Gasteiger partial charge in [-0.25, -0.2) is 9.97 Å². The Morgan fingerprint density at radius 1 is 1.15 bits per heavy atom. The standard InChI is InChI=1S/C20H22N4OS/c25-18(9-8-15-5-2-1-3-6-15)22-16-10-13-24(14-11-16)20-23-17-7-4-12-21-19(17)26-20/h1-7,12,16H,8-11,13-14H2,(H,22,25). The van der Waals surface area contributed by atoms with E-state index < -0.39 is 0 Å². The number of carbonyl (C=O) groups excluding carboxylic acids is 1. The molecule has 0 atom stereocenters. The lowest BCUT2D eigenvalue weighted by Crippen LogP contribution is -2.44. The summed E-state index contributed by atoms with van der Waals surface area (Å²) in [5.74, 6) is 0.150. The molecule has 0 radical (unpaired) electrons. The molecule has 5 nitrogen and oxygen atoms in total. The normalized spacial score (nSPS) is 15.3. The van der Waals surface area contributed by atoms with Gasteiger partial charge in [-0.1, -0.05) is 41.7 Å². The Morgan fingerprint density at radius 2 is 1.96 bits per heavy atom. The first-order chi connectivity index (χ1) is 12.8. The fraction of sp³-hybridized carbons (Fsp3) is 0.350. The SMILES string of the molecule is O=C(CCc1ccccc1)NC1CCN(c2nc3cccnc3s2)CC1. The first kappa shape index (κ1) is 17.0. The number of piperidine rings is 1. The molecule has 6 heteroatoms. The minimum absolute atomic E-state index is 0.150. The van der Waals surface area contributed by atoms with Crippen LogP contribution in [0, 0.1) is 0 Å². The van der Waals surface area contributed by atoms with Crippen LogP contribution in [0.5, 0.6) is 0 Å². The van der Waals surface area contributed by atoms with Crippen molar-refractivity contribution in [1.82, 2.24) is 15.3 Å². The molecule has 0 bridgehead atoms. The summed E-state index contributed by atoms with van der Waals surface area (Å²) in [5.41, 5.74) is 2.17. The molecule has 1 aromatic carbocycles. The van der Waals surface area contributed by atoms with Crippen LogP contribution in [0.25, 0.3) is 10.3 Å². The summed E-state index contributed by atoms with van der Waals surface area (Å²) in [7, 11) is 0. The van der Waals surface area contributed by atoms with Crippen molar-refractivity contribution in [2.75, 3.05) is 18.0 Å². The molecule has 1 amide bonds. The Bertz CT molecular complexity index is 839. The molecule has 3 heterocycles. The van der Waals surface area contributed by atoms with E-state index in [2.05, 4.69) is 32.3 Å². The maximum Gasteiger partial charge on any atom is 0.220 e. The van der Waals surface area contributed by atoms with Gasteiger partial charge in [0.2, 0.25) is 5.91 Å². The zero-order valence-electron chi connectivity index (χ0n) is 14.6. The Morgan fingerprint density at radius 3 is 2.73 bits per heavy atom. The van der Waals surface area contributed by atoms with E-state index in [-0.39, 0.29) is 11.9 Å². The number of hydrogen-bond acceptors (Lipinski definition) is 5. The molecule has 1 fully saturated rings. The molecule has 3 aromatic rings. The van der Waals surface area contributed by atoms with Crippen LogP contribution in [0.3, 0.4) is 0 Å². The summed E-state index contributed by atoms with van der Waals surface area (Å²) >= 11 is 1.64. The molecule has 1 saturated heterocycles. The largest absolute Gasteiger partial charge is 0.353 e. The van der Waals surface area contributed by atoms with Crippen molar-refractivity contribution in [2.24, 2.45) is 0 Å². The van der Waals surface area contributed by atoms with Gasteiger partial charge in [0, 0.05) is 31.7 Å². The average molecular weight is 366 g/mol. The zero-order chi connectivity index (χ0) is 17.8. The van der Waals surface area contributed by atoms with Crippen molar-refractivity contribution in [1.29, 1.82) is 0 Å². The van der Waals surface area contributed by atoms with Gasteiger partial charge in [0.05, 0.1) is 0 Å². The lowest BCUT2D eigenvalue weighted by molar-refractivity contribution is -0.121. The Balaban J connectivity index is 1.26. The van der Waals surface area contributed by atoms with E-state index in [0.29, 0.717) is 6.42 Å². The first-order valence-electron chi connectivity index (χ1n) is 9.08. The predicted molar refractivity (Wildman–Crippen MR) is 106 cm³/mol. The highest BCUT2D eigenvalue weighted by Gasteiger charge is 2.22. The number of rotatable bonds is 5. The summed E-state index contributed by atoms with van der Waals surface area (Å²) < 4.78 is 0. The number of aryl methyl sites for hydroxylation is 1. The van der Waals surface area contributed by atoms with E-state index in [9.17, 15) is 4.79 Å². The minimum atomic E-state index is 0.150. The predicted octanol–water partition coefficient (Wildman–Crippen LogP) is 3.41. The Hall–Kier alpha value is -2.47. The van der Waals surface area contributed by atoms with Crippen LogP contribution in [-0.2, 0) is 11.2 Å². The Labute approximate surface area is 157 Å². The summed E-state index contributed by atoms with van der Waals surface area (Å²) in [4.78, 5) is 24.5. The summed E-state index contributed by atoms with van der Waals surface area (Å²) in [5, 5.41) is 4.23. The molecule has 1 aliphatic heterocycles. The number of carbonyl (C=O) groups is 1. The number of amides is 1. The van der Waals surface area contributed by atoms with Crippen LogP contribution >= 0.6 is 11.3 Å². The van der Waals surface area contributed by atoms with Crippen LogP contribution < -0.4 is 10.2 Å². The van der Waals surface area contributed by atoms with E-state index in [1.165, 1.54) is 5.56 Å². The van der Waals surface area contributed by atoms with Gasteiger partial charge in [0.1, 0.15) is 10.3 Å². The Kier molecular flexibility index (Phi) is 5.11. The van der Waals surface area contributed by atoms with E-state index >= 15 is 0 Å². The third-order valence-corrected chi connectivity index (χ3v) is 5.81. The van der Waals surface area contributed by atoms with Gasteiger partial charge in [-0.2, -0.15) is 0 Å². The van der Waals surface area contributed by atoms with Crippen LogP contribution in [0.1, 0.15) is 24.8 Å². The van der Waals surface area contributed by atoms with Gasteiger partial charge in [-0.05, 0) is 37.0 Å². The van der Waals surface area contributed by atoms with Crippen molar-refractivity contribution in [3.63, 3.8) is 0 Å². The number of benzene rings is 1. The van der Waals surface area contributed by atoms with Crippen molar-refractivity contribution in [2.45, 2.75) is 31.7 Å². The van der Waals surface area contributed by atoms with Crippen LogP contribution in [-0.4, -0.2) is 35.0 Å². The fourth-order valence-corrected chi connectivity index (χ4v) is 4.27. The van der Waals surface area contributed by atoms with Crippen LogP contribution in [0.2, 0.25) is 0 Å². The topological polar surface area (TPSA) is 58.1 Å². The first-order valence-corrected chi connectivity index (χ1v) is 9.89. The third-order valence-electron chi connectivity index (χ3n) is 4.77. The van der Waals surface area contributed by atoms with Gasteiger partial charge in [0.15, 0.2) is 5.13 Å². The van der Waals surface area contributed by atoms with Crippen molar-refractivity contribution in [3.8, 4) is 0 Å². The molecular weight excluding hydrogens is 344 g/mol. The average Bonchev–Trinajstić information content (AvgIpc) is 3.12. The summed E-state index contributed by atoms with van der Waals surface area (Å²) in [6, 6.07) is 14.4. The second-order valence-electron chi connectivity index (χ2n) is 6.64. The van der Waals surface area contributed by atoms with Crippen molar-refractivity contribution >= 4 is 32.7 Å². The van der Waals surface area contributed by atoms with Crippen molar-refractivity contribution < 1.29 is 4.79 Å². The molecule has 0 unspecified atom stereocenters. The molecule has 0 aliphatic carbocycles. The number of fused-ring (bicyclic) bond motifs is 1. The smallest absolute Gasteiger partial charge is 0.220 e. The number of pyridine rings is 1. The number of hydrogen-bond donors (Lipinski definition) is 1. The van der Waals surface area contributed by atoms with Crippen LogP contribution in [0.4, 0.5) is 5.13 Å². The monoisotopic (exact) mass is 366 g/mol. The number of aromatic nitrogens is 2. The van der Waals surface area contributed by atoms with Gasteiger partial charge in [-0.3, -0.25) is 4.79 Å².